The van der Waals surface area contributed by atoms with Gasteiger partial charge in [-0.1, -0.05) is 117 Å². The van der Waals surface area contributed by atoms with Gasteiger partial charge in [0.2, 0.25) is 10.6 Å². The Hall–Kier alpha value is -3.43. The van der Waals surface area contributed by atoms with Crippen molar-refractivity contribution in [1.82, 2.24) is 10.2 Å². The third-order valence-electron chi connectivity index (χ3n) is 8.59. The lowest BCUT2D eigenvalue weighted by Crippen LogP contribution is -2.70. The number of hydrogen-bond donors (Lipinski definition) is 1. The summed E-state index contributed by atoms with van der Waals surface area (Å²) in [5.74, 6) is 0.977. The zero-order chi connectivity index (χ0) is 40.0. The van der Waals surface area contributed by atoms with Crippen molar-refractivity contribution in [3.05, 3.63) is 76.5 Å². The van der Waals surface area contributed by atoms with Crippen molar-refractivity contribution in [2.75, 3.05) is 25.8 Å². The normalized spacial score (nSPS) is 19.0. The van der Waals surface area contributed by atoms with Gasteiger partial charge in [0.15, 0.2) is 18.1 Å². The van der Waals surface area contributed by atoms with Gasteiger partial charge in [-0.2, -0.15) is 0 Å². The number of thioether (sulfide) groups is 1. The molecule has 1 fully saturated rings. The second-order valence-electron chi connectivity index (χ2n) is 12.8. The van der Waals surface area contributed by atoms with Crippen LogP contribution >= 0.6 is 46.6 Å². The van der Waals surface area contributed by atoms with Crippen LogP contribution in [0.5, 0.6) is 17.2 Å². The van der Waals surface area contributed by atoms with E-state index in [1.807, 2.05) is 18.2 Å². The monoisotopic (exact) mass is 858 g/mol. The molecule has 0 bridgehead atoms. The predicted molar refractivity (Wildman–Crippen MR) is 213 cm³/mol. The van der Waals surface area contributed by atoms with Crippen molar-refractivity contribution in [2.45, 2.75) is 86.2 Å². The quantitative estimate of drug-likeness (QED) is 0.0408. The summed E-state index contributed by atoms with van der Waals surface area (Å²) in [5.41, 5.74) is 1.38. The van der Waals surface area contributed by atoms with Crippen molar-refractivity contribution in [3.8, 4) is 17.2 Å². The first-order chi connectivity index (χ1) is 26.3. The minimum Gasteiger partial charge on any atom is -0.484 e. The van der Waals surface area contributed by atoms with Crippen molar-refractivity contribution < 1.29 is 47.1 Å². The van der Waals surface area contributed by atoms with Crippen LogP contribution in [0.15, 0.2) is 71.0 Å². The molecule has 1 N–H and O–H groups in total. The van der Waals surface area contributed by atoms with Crippen LogP contribution in [0.1, 0.15) is 64.9 Å². The number of unbranched alkanes of at least 4 members (excludes halogenated alkanes) is 5. The molecule has 5 rings (SSSR count). The molecule has 3 unspecified atom stereocenters. The number of carbonyl (C=O) groups excluding carboxylic acids is 4. The average molecular weight is 860 g/mol. The lowest BCUT2D eigenvalue weighted by Gasteiger charge is -2.49. The summed E-state index contributed by atoms with van der Waals surface area (Å²) in [6.45, 7) is 5.51. The first kappa shape index (κ1) is 44.3. The Morgan fingerprint density at radius 3 is 2.49 bits per heavy atom. The maximum Gasteiger partial charge on any atom is 0.355 e. The van der Waals surface area contributed by atoms with Gasteiger partial charge in [0.1, 0.15) is 35.7 Å². The number of allylic oxidation sites excluding steroid dienone is 1. The molecule has 2 aromatic carbocycles. The molecule has 1 saturated heterocycles. The fourth-order valence-corrected chi connectivity index (χ4v) is 8.46. The molecule has 17 heteroatoms. The highest BCUT2D eigenvalue weighted by Crippen LogP contribution is 2.46. The highest BCUT2D eigenvalue weighted by atomic mass is 35.6. The number of halogens is 3. The minimum absolute atomic E-state index is 0.107. The smallest absolute Gasteiger partial charge is 0.355 e. The molecule has 4 atom stereocenters. The van der Waals surface area contributed by atoms with E-state index < -0.39 is 50.4 Å². The molecular formula is C38H45Cl3N2O10S2. The Balaban J connectivity index is 0.000000265. The molecule has 0 aliphatic carbocycles. The van der Waals surface area contributed by atoms with Crippen molar-refractivity contribution in [3.63, 3.8) is 0 Å². The molecule has 12 nitrogen and oxygen atoms in total. The van der Waals surface area contributed by atoms with Crippen molar-refractivity contribution in [1.29, 1.82) is 0 Å². The number of ether oxygens (including phenoxy) is 5. The van der Waals surface area contributed by atoms with E-state index in [1.165, 1.54) is 42.6 Å². The molecule has 2 aromatic rings. The molecule has 2 amide bonds. The number of nitrogens with one attached hydrogen (secondary N) is 1. The van der Waals surface area contributed by atoms with Gasteiger partial charge in [-0.25, -0.2) is 4.79 Å². The van der Waals surface area contributed by atoms with E-state index in [2.05, 4.69) is 19.2 Å². The number of rotatable bonds is 18. The number of nitrogens with zero attached hydrogens (tertiary/aromatic N) is 1. The lowest BCUT2D eigenvalue weighted by molar-refractivity contribution is -0.153. The summed E-state index contributed by atoms with van der Waals surface area (Å²) < 4.78 is 36.3. The molecule has 0 aromatic heterocycles. The number of para-hydroxylation sites is 1. The van der Waals surface area contributed by atoms with Crippen molar-refractivity contribution >= 4 is 81.6 Å². The minimum atomic E-state index is -1.85. The van der Waals surface area contributed by atoms with Crippen LogP contribution in [0.4, 0.5) is 0 Å². The van der Waals surface area contributed by atoms with Crippen LogP contribution in [-0.2, 0) is 45.9 Å². The van der Waals surface area contributed by atoms with Crippen LogP contribution in [0, 0.1) is 0 Å². The van der Waals surface area contributed by atoms with Crippen molar-refractivity contribution in [2.24, 2.45) is 0 Å². The van der Waals surface area contributed by atoms with Gasteiger partial charge in [-0.05, 0) is 55.2 Å². The number of amides is 2. The Labute approximate surface area is 343 Å². The van der Waals surface area contributed by atoms with Crippen LogP contribution < -0.4 is 19.5 Å². The lowest BCUT2D eigenvalue weighted by atomic mass is 10.0. The molecule has 55 heavy (non-hydrogen) atoms. The predicted octanol–water partition coefficient (Wildman–Crippen LogP) is 7.12. The van der Waals surface area contributed by atoms with E-state index in [0.717, 1.165) is 48.1 Å². The van der Waals surface area contributed by atoms with Gasteiger partial charge >= 0.3 is 5.97 Å². The summed E-state index contributed by atoms with van der Waals surface area (Å²) in [6, 6.07) is 13.7. The number of β-lactam (4-membered cyclic amide) rings is 1. The number of alkyl halides is 3. The van der Waals surface area contributed by atoms with Crippen LogP contribution in [0.25, 0.3) is 0 Å². The van der Waals surface area contributed by atoms with Crippen LogP contribution in [-0.4, -0.2) is 79.6 Å². The number of benzene rings is 2. The zero-order valence-corrected chi connectivity index (χ0v) is 34.7. The molecule has 3 aliphatic heterocycles. The summed E-state index contributed by atoms with van der Waals surface area (Å²) in [5, 5.41) is 2.09. The van der Waals surface area contributed by atoms with Gasteiger partial charge in [0, 0.05) is 26.7 Å². The Morgan fingerprint density at radius 2 is 1.78 bits per heavy atom. The first-order valence-corrected chi connectivity index (χ1v) is 21.2. The molecular weight excluding hydrogens is 815 g/mol. The molecule has 3 aliphatic rings. The van der Waals surface area contributed by atoms with Gasteiger partial charge in [-0.15, -0.1) is 0 Å². The fraction of sp³-hybridized carbons (Fsp3) is 0.474. The van der Waals surface area contributed by atoms with Crippen LogP contribution in [0.2, 0.25) is 0 Å². The highest BCUT2D eigenvalue weighted by Gasteiger charge is 2.55. The number of esters is 1. The maximum absolute atomic E-state index is 12.8. The highest BCUT2D eigenvalue weighted by molar-refractivity contribution is 8.04. The van der Waals surface area contributed by atoms with E-state index in [-0.39, 0.29) is 24.0 Å². The first-order valence-electron chi connectivity index (χ1n) is 17.8. The van der Waals surface area contributed by atoms with Gasteiger partial charge < -0.3 is 29.0 Å². The molecule has 0 spiro atoms. The van der Waals surface area contributed by atoms with Crippen LogP contribution in [0.3, 0.4) is 0 Å². The van der Waals surface area contributed by atoms with E-state index >= 15 is 0 Å². The van der Waals surface area contributed by atoms with Gasteiger partial charge in [0.25, 0.3) is 18.3 Å². The van der Waals surface area contributed by atoms with Gasteiger partial charge in [-0.3, -0.25) is 23.5 Å². The third kappa shape index (κ3) is 13.3. The van der Waals surface area contributed by atoms with E-state index in [9.17, 15) is 23.4 Å². The fourth-order valence-electron chi connectivity index (χ4n) is 5.74. The Kier molecular flexibility index (Phi) is 17.5. The standard InChI is InChI=1S/C20H17Cl3N2O7S.C18H28O3S/c1-11-13(7-30-10-26)33-18-15(24-14(27)8-31-12-5-3-2-4-6-12)17(28)25(18)16(11)19(29)32-9-20(21,22)23;1-3-4-5-6-7-8-11-22(19)15(2)12-16-9-10-17-18(13-16)21-14-20-17/h2-7,10,15,18H,8-9H2,1H3,(H,24,27);9-10,13,15H,3-8,11-12,14H2,1-2H3/b13-7+;/t15?,18-;/m1./s1. The third-order valence-corrected chi connectivity index (χ3v) is 12.0. The number of fused-ring (bicyclic) bond motifs is 2. The number of carbonyl (C=O) groups is 4. The van der Waals surface area contributed by atoms with E-state index in [0.29, 0.717) is 23.0 Å². The average Bonchev–Trinajstić information content (AvgIpc) is 3.64. The van der Waals surface area contributed by atoms with Gasteiger partial charge in [0.05, 0.1) is 0 Å². The summed E-state index contributed by atoms with van der Waals surface area (Å²) in [6.07, 6.45) is 9.45. The molecule has 3 heterocycles. The number of hydrogen-bond acceptors (Lipinski definition) is 11. The SMILES string of the molecule is CC1=C(C(=O)OCC(Cl)(Cl)Cl)N2C(=O)C(NC(=O)COc3ccccc3)[C@H]2S/C1=C/OC=O.CCCCCCCCS(=O)C(C)Cc1ccc2c(c1)OCO2. The van der Waals surface area contributed by atoms with E-state index in [4.69, 9.17) is 58.5 Å². The second-order valence-corrected chi connectivity index (χ2v) is 18.4. The van der Waals surface area contributed by atoms with E-state index in [1.54, 1.807) is 37.3 Å². The Morgan fingerprint density at radius 1 is 1.07 bits per heavy atom. The zero-order valence-electron chi connectivity index (χ0n) is 30.8. The second kappa shape index (κ2) is 21.8. The molecule has 0 radical (unpaired) electrons. The maximum atomic E-state index is 12.8. The largest absolute Gasteiger partial charge is 0.484 e. The topological polar surface area (TPSA) is 147 Å². The Bertz CT molecular complexity index is 1740. The molecule has 300 valence electrons. The molecule has 0 saturated carbocycles. The summed E-state index contributed by atoms with van der Waals surface area (Å²) in [4.78, 5) is 50.0. The summed E-state index contributed by atoms with van der Waals surface area (Å²) >= 11 is 18.0. The summed E-state index contributed by atoms with van der Waals surface area (Å²) in [7, 11) is -0.743.